The van der Waals surface area contributed by atoms with Crippen molar-refractivity contribution in [2.45, 2.75) is 26.4 Å². The summed E-state index contributed by atoms with van der Waals surface area (Å²) in [6.45, 7) is 4.23. The highest BCUT2D eigenvalue weighted by Crippen LogP contribution is 2.26. The van der Waals surface area contributed by atoms with Gasteiger partial charge in [0.05, 0.1) is 11.8 Å². The van der Waals surface area contributed by atoms with Gasteiger partial charge < -0.3 is 10.4 Å². The molecule has 1 amide bonds. The number of hydrogen-bond acceptors (Lipinski definition) is 5. The summed E-state index contributed by atoms with van der Waals surface area (Å²) in [7, 11) is 0. The fourth-order valence-corrected chi connectivity index (χ4v) is 4.24. The predicted molar refractivity (Wildman–Crippen MR) is 99.6 cm³/mol. The number of nitrogens with zero attached hydrogens (tertiary/aromatic N) is 2. The zero-order valence-electron chi connectivity index (χ0n) is 14.7. The van der Waals surface area contributed by atoms with Gasteiger partial charge in [0.2, 0.25) is 5.91 Å². The normalized spacial score (nSPS) is 20.7. The van der Waals surface area contributed by atoms with Crippen LogP contribution in [0.1, 0.15) is 22.4 Å². The summed E-state index contributed by atoms with van der Waals surface area (Å²) in [6.07, 6.45) is 3.79. The molecule has 3 rings (SSSR count). The SMILES string of the molecule is Cc1ccsc1CN1C[C@@H](C(=O)O)C[C@H](C(=O)NCc2cccnc2)C1. The quantitative estimate of drug-likeness (QED) is 0.812. The van der Waals surface area contributed by atoms with Gasteiger partial charge in [-0.1, -0.05) is 6.07 Å². The van der Waals surface area contributed by atoms with Gasteiger partial charge in [0.25, 0.3) is 0 Å². The summed E-state index contributed by atoms with van der Waals surface area (Å²) in [6, 6.07) is 5.80. The third-order valence-electron chi connectivity index (χ3n) is 4.77. The number of piperidine rings is 1. The van der Waals surface area contributed by atoms with Crippen LogP contribution in [0.25, 0.3) is 0 Å². The molecule has 0 saturated carbocycles. The average molecular weight is 373 g/mol. The summed E-state index contributed by atoms with van der Waals surface area (Å²) in [5, 5.41) is 14.4. The van der Waals surface area contributed by atoms with Crippen molar-refractivity contribution in [3.8, 4) is 0 Å². The van der Waals surface area contributed by atoms with Crippen LogP contribution in [0, 0.1) is 18.8 Å². The monoisotopic (exact) mass is 373 g/mol. The van der Waals surface area contributed by atoms with E-state index in [2.05, 4.69) is 28.2 Å². The molecule has 0 bridgehead atoms. The number of pyridine rings is 1. The number of carbonyl (C=O) groups is 2. The molecule has 138 valence electrons. The van der Waals surface area contributed by atoms with Gasteiger partial charge in [-0.05, 0) is 42.0 Å². The number of carboxylic acid groups (broad SMARTS) is 1. The number of likely N-dealkylation sites (tertiary alicyclic amines) is 1. The van der Waals surface area contributed by atoms with Gasteiger partial charge in [0, 0.05) is 43.4 Å². The van der Waals surface area contributed by atoms with Crippen LogP contribution in [0.3, 0.4) is 0 Å². The Morgan fingerprint density at radius 2 is 2.15 bits per heavy atom. The number of aliphatic carboxylic acids is 1. The maximum absolute atomic E-state index is 12.6. The highest BCUT2D eigenvalue weighted by molar-refractivity contribution is 7.10. The lowest BCUT2D eigenvalue weighted by molar-refractivity contribution is -0.145. The van der Waals surface area contributed by atoms with Crippen molar-refractivity contribution in [1.29, 1.82) is 0 Å². The van der Waals surface area contributed by atoms with Crippen molar-refractivity contribution in [2.75, 3.05) is 13.1 Å². The van der Waals surface area contributed by atoms with Gasteiger partial charge in [0.1, 0.15) is 0 Å². The number of hydrogen-bond donors (Lipinski definition) is 2. The zero-order chi connectivity index (χ0) is 18.5. The van der Waals surface area contributed by atoms with Gasteiger partial charge in [-0.3, -0.25) is 19.5 Å². The Morgan fingerprint density at radius 3 is 2.81 bits per heavy atom. The molecule has 0 aliphatic carbocycles. The Kier molecular flexibility index (Phi) is 6.00. The minimum atomic E-state index is -0.831. The molecule has 1 aliphatic heterocycles. The second-order valence-corrected chi connectivity index (χ2v) is 7.77. The first-order valence-electron chi connectivity index (χ1n) is 8.67. The second-order valence-electron chi connectivity index (χ2n) is 6.77. The molecule has 0 aromatic carbocycles. The lowest BCUT2D eigenvalue weighted by atomic mass is 9.88. The van der Waals surface area contributed by atoms with Crippen LogP contribution in [-0.4, -0.2) is 40.0 Å². The molecule has 0 spiro atoms. The first-order chi connectivity index (χ1) is 12.5. The molecule has 0 unspecified atom stereocenters. The molecule has 6 nitrogen and oxygen atoms in total. The van der Waals surface area contributed by atoms with Crippen molar-refractivity contribution in [3.63, 3.8) is 0 Å². The van der Waals surface area contributed by atoms with E-state index in [-0.39, 0.29) is 11.8 Å². The fraction of sp³-hybridized carbons (Fsp3) is 0.421. The Hall–Kier alpha value is -2.25. The number of aryl methyl sites for hydroxylation is 1. The van der Waals surface area contributed by atoms with E-state index in [9.17, 15) is 14.7 Å². The number of carbonyl (C=O) groups excluding carboxylic acids is 1. The Balaban J connectivity index is 1.64. The van der Waals surface area contributed by atoms with E-state index in [1.807, 2.05) is 17.5 Å². The number of aromatic nitrogens is 1. The molecule has 2 aromatic heterocycles. The van der Waals surface area contributed by atoms with Crippen LogP contribution >= 0.6 is 11.3 Å². The zero-order valence-corrected chi connectivity index (χ0v) is 15.5. The number of thiophene rings is 1. The Bertz CT molecular complexity index is 762. The van der Waals surface area contributed by atoms with Crippen LogP contribution in [0.15, 0.2) is 36.0 Å². The van der Waals surface area contributed by atoms with Crippen LogP contribution in [0.4, 0.5) is 0 Å². The highest BCUT2D eigenvalue weighted by atomic mass is 32.1. The van der Waals surface area contributed by atoms with Crippen molar-refractivity contribution in [3.05, 3.63) is 52.0 Å². The summed E-state index contributed by atoms with van der Waals surface area (Å²) < 4.78 is 0. The molecular formula is C19H23N3O3S. The molecule has 0 radical (unpaired) electrons. The van der Waals surface area contributed by atoms with E-state index < -0.39 is 11.9 Å². The highest BCUT2D eigenvalue weighted by Gasteiger charge is 2.35. The van der Waals surface area contributed by atoms with E-state index in [4.69, 9.17) is 0 Å². The minimum Gasteiger partial charge on any atom is -0.481 e. The summed E-state index contributed by atoms with van der Waals surface area (Å²) in [4.78, 5) is 31.5. The van der Waals surface area contributed by atoms with Crippen molar-refractivity contribution in [1.82, 2.24) is 15.2 Å². The molecule has 2 atom stereocenters. The number of amides is 1. The number of nitrogens with one attached hydrogen (secondary N) is 1. The molecule has 7 heteroatoms. The molecule has 1 fully saturated rings. The van der Waals surface area contributed by atoms with Gasteiger partial charge in [0.15, 0.2) is 0 Å². The summed E-state index contributed by atoms with van der Waals surface area (Å²) in [5.74, 6) is -1.75. The van der Waals surface area contributed by atoms with E-state index >= 15 is 0 Å². The smallest absolute Gasteiger partial charge is 0.307 e. The predicted octanol–water partition coefficient (Wildman–Crippen LogP) is 2.29. The van der Waals surface area contributed by atoms with E-state index in [1.165, 1.54) is 10.4 Å². The fourth-order valence-electron chi connectivity index (χ4n) is 3.29. The van der Waals surface area contributed by atoms with Crippen LogP contribution in [0.5, 0.6) is 0 Å². The molecular weight excluding hydrogens is 350 g/mol. The standard InChI is InChI=1S/C19H23N3O3S/c1-13-4-6-26-17(13)12-22-10-15(7-16(11-22)19(24)25)18(23)21-9-14-3-2-5-20-8-14/h2-6,8,15-16H,7,9-12H2,1H3,(H,21,23)(H,24,25)/t15-,16-/m0/s1. The number of carboxylic acids is 1. The third-order valence-corrected chi connectivity index (χ3v) is 5.78. The maximum Gasteiger partial charge on any atom is 0.307 e. The van der Waals surface area contributed by atoms with Crippen LogP contribution in [-0.2, 0) is 22.7 Å². The summed E-state index contributed by atoms with van der Waals surface area (Å²) in [5.41, 5.74) is 2.14. The molecule has 26 heavy (non-hydrogen) atoms. The Labute approximate surface area is 156 Å². The first-order valence-corrected chi connectivity index (χ1v) is 9.55. The van der Waals surface area contributed by atoms with E-state index in [1.54, 1.807) is 23.7 Å². The molecule has 1 aliphatic rings. The minimum absolute atomic E-state index is 0.0901. The number of rotatable bonds is 6. The third kappa shape index (κ3) is 4.68. The van der Waals surface area contributed by atoms with Crippen molar-refractivity contribution >= 4 is 23.2 Å². The largest absolute Gasteiger partial charge is 0.481 e. The first kappa shape index (κ1) is 18.5. The molecule has 2 aromatic rings. The second kappa shape index (κ2) is 8.42. The van der Waals surface area contributed by atoms with Gasteiger partial charge in [-0.2, -0.15) is 0 Å². The molecule has 3 heterocycles. The topological polar surface area (TPSA) is 82.5 Å². The van der Waals surface area contributed by atoms with Gasteiger partial charge >= 0.3 is 5.97 Å². The van der Waals surface area contributed by atoms with Gasteiger partial charge in [-0.25, -0.2) is 0 Å². The lowest BCUT2D eigenvalue weighted by Crippen LogP contribution is -2.47. The molecule has 2 N–H and O–H groups in total. The van der Waals surface area contributed by atoms with Crippen LogP contribution < -0.4 is 5.32 Å². The van der Waals surface area contributed by atoms with Gasteiger partial charge in [-0.15, -0.1) is 11.3 Å². The lowest BCUT2D eigenvalue weighted by Gasteiger charge is -2.35. The van der Waals surface area contributed by atoms with Crippen molar-refractivity contribution < 1.29 is 14.7 Å². The average Bonchev–Trinajstić information content (AvgIpc) is 3.05. The van der Waals surface area contributed by atoms with E-state index in [0.717, 1.165) is 5.56 Å². The maximum atomic E-state index is 12.6. The summed E-state index contributed by atoms with van der Waals surface area (Å²) >= 11 is 1.67. The van der Waals surface area contributed by atoms with E-state index in [0.29, 0.717) is 32.6 Å². The van der Waals surface area contributed by atoms with Crippen LogP contribution in [0.2, 0.25) is 0 Å². The van der Waals surface area contributed by atoms with Crippen molar-refractivity contribution in [2.24, 2.45) is 11.8 Å². The molecule has 1 saturated heterocycles. The Morgan fingerprint density at radius 1 is 1.35 bits per heavy atom.